The molecule has 0 heterocycles. The normalized spacial score (nSPS) is 36.3. The van der Waals surface area contributed by atoms with Gasteiger partial charge in [-0.25, -0.2) is 0 Å². The molecule has 4 aliphatic carbocycles. The van der Waals surface area contributed by atoms with Gasteiger partial charge in [-0.15, -0.1) is 0 Å². The summed E-state index contributed by atoms with van der Waals surface area (Å²) in [5.41, 5.74) is 11.9. The molecular weight excluding hydrogens is 606 g/mol. The van der Waals surface area contributed by atoms with Gasteiger partial charge in [0.15, 0.2) is 0 Å². The molecule has 0 saturated heterocycles. The second-order valence-electron chi connectivity index (χ2n) is 17.9. The van der Waals surface area contributed by atoms with E-state index < -0.39 is 0 Å². The van der Waals surface area contributed by atoms with Crippen LogP contribution in [-0.2, 0) is 9.47 Å². The second kappa shape index (κ2) is 21.5. The predicted octanol–water partition coefficient (Wildman–Crippen LogP) is 9.01. The van der Waals surface area contributed by atoms with Crippen molar-refractivity contribution >= 4 is 0 Å². The standard InChI is InChI=1S/C43H83N3O3/c1-5-6-7-8-9-10-11-12-13-14-15-26-46-27-16-19-33(2)36-20-21-37-41-38(32-40(47)43(36,37)4)42(3)23-22-35(48-28-17-24-44)30-34(42)31-39(41)49-29-18-25-45/h33-41,46-47H,5-32,44-45H2,1-4H3/t33-,34+,35-,36-,37+,38+,39-,40+,41+,42+,43-/m1/s1. The molecular formula is C43H83N3O3. The zero-order valence-electron chi connectivity index (χ0n) is 32.9. The van der Waals surface area contributed by atoms with Gasteiger partial charge in [0.05, 0.1) is 18.3 Å². The smallest absolute Gasteiger partial charge is 0.0611 e. The van der Waals surface area contributed by atoms with Crippen molar-refractivity contribution in [3.05, 3.63) is 0 Å². The number of fused-ring (bicyclic) bond motifs is 5. The Hall–Kier alpha value is -0.240. The number of aliphatic hydroxyl groups is 1. The van der Waals surface area contributed by atoms with E-state index in [-0.39, 0.29) is 23.0 Å². The zero-order valence-corrected chi connectivity index (χ0v) is 32.9. The molecule has 49 heavy (non-hydrogen) atoms. The van der Waals surface area contributed by atoms with Crippen LogP contribution in [0.2, 0.25) is 0 Å². The third-order valence-electron chi connectivity index (χ3n) is 14.8. The Kier molecular flexibility index (Phi) is 18.2. The summed E-state index contributed by atoms with van der Waals surface area (Å²) in [5.74, 6) is 3.47. The van der Waals surface area contributed by atoms with Crippen LogP contribution in [0.4, 0.5) is 0 Å². The van der Waals surface area contributed by atoms with Crippen LogP contribution in [-0.4, -0.2) is 62.8 Å². The maximum atomic E-state index is 12.2. The first kappa shape index (κ1) is 41.5. The molecule has 4 rings (SSSR count). The van der Waals surface area contributed by atoms with E-state index in [2.05, 4.69) is 33.0 Å². The number of nitrogens with two attached hydrogens (primary N) is 2. The molecule has 6 heteroatoms. The van der Waals surface area contributed by atoms with E-state index >= 15 is 0 Å². The summed E-state index contributed by atoms with van der Waals surface area (Å²) in [6, 6.07) is 0. The van der Waals surface area contributed by atoms with Crippen LogP contribution in [0.15, 0.2) is 0 Å². The summed E-state index contributed by atoms with van der Waals surface area (Å²) < 4.78 is 13.2. The SMILES string of the molecule is CCCCCCCCCCCCCNCCC[C@@H](C)[C@H]1CC[C@H]2[C@@H]3[C@H](OCCCN)C[C@@H]4C[C@H](OCCCN)CC[C@]4(C)[C@H]3C[C@H](O)[C@]12C. The monoisotopic (exact) mass is 690 g/mol. The topological polar surface area (TPSA) is 103 Å². The van der Waals surface area contributed by atoms with Crippen LogP contribution in [0.25, 0.3) is 0 Å². The summed E-state index contributed by atoms with van der Waals surface area (Å²) in [6.07, 6.45) is 28.4. The first-order chi connectivity index (χ1) is 23.8. The molecule has 11 atom stereocenters. The zero-order chi connectivity index (χ0) is 35.1. The quantitative estimate of drug-likeness (QED) is 0.0714. The fourth-order valence-electron chi connectivity index (χ4n) is 11.9. The molecule has 4 saturated carbocycles. The van der Waals surface area contributed by atoms with Gasteiger partial charge in [0.1, 0.15) is 0 Å². The van der Waals surface area contributed by atoms with Crippen molar-refractivity contribution in [2.45, 2.75) is 187 Å². The molecule has 4 aliphatic rings. The highest BCUT2D eigenvalue weighted by Crippen LogP contribution is 2.68. The number of ether oxygens (including phenoxy) is 2. The fourth-order valence-corrected chi connectivity index (χ4v) is 11.9. The van der Waals surface area contributed by atoms with E-state index in [0.717, 1.165) is 58.3 Å². The van der Waals surface area contributed by atoms with Crippen molar-refractivity contribution in [3.8, 4) is 0 Å². The minimum Gasteiger partial charge on any atom is -0.393 e. The van der Waals surface area contributed by atoms with E-state index in [1.165, 1.54) is 109 Å². The minimum atomic E-state index is -0.216. The lowest BCUT2D eigenvalue weighted by molar-refractivity contribution is -0.218. The molecule has 6 nitrogen and oxygen atoms in total. The van der Waals surface area contributed by atoms with Gasteiger partial charge in [-0.1, -0.05) is 91.9 Å². The van der Waals surface area contributed by atoms with Crippen LogP contribution in [0.3, 0.4) is 0 Å². The number of rotatable bonds is 25. The molecule has 0 aliphatic heterocycles. The molecule has 0 spiro atoms. The highest BCUT2D eigenvalue weighted by atomic mass is 16.5. The average molecular weight is 690 g/mol. The highest BCUT2D eigenvalue weighted by molar-refractivity contribution is 5.14. The Morgan fingerprint density at radius 3 is 2.04 bits per heavy atom. The minimum absolute atomic E-state index is 0.00920. The Bertz CT molecular complexity index is 890. The third-order valence-corrected chi connectivity index (χ3v) is 14.8. The maximum absolute atomic E-state index is 12.2. The molecule has 0 aromatic carbocycles. The van der Waals surface area contributed by atoms with Crippen molar-refractivity contribution in [2.24, 2.45) is 57.8 Å². The number of hydrogen-bond acceptors (Lipinski definition) is 6. The Labute approximate surface area is 303 Å². The van der Waals surface area contributed by atoms with Gasteiger partial charge in [-0.05, 0) is 150 Å². The van der Waals surface area contributed by atoms with Crippen molar-refractivity contribution in [1.29, 1.82) is 0 Å². The summed E-state index contributed by atoms with van der Waals surface area (Å²) in [7, 11) is 0. The van der Waals surface area contributed by atoms with Crippen LogP contribution >= 0.6 is 0 Å². The second-order valence-corrected chi connectivity index (χ2v) is 17.9. The molecule has 0 aromatic rings. The predicted molar refractivity (Wildman–Crippen MR) is 207 cm³/mol. The lowest BCUT2D eigenvalue weighted by atomic mass is 9.43. The van der Waals surface area contributed by atoms with Crippen LogP contribution in [0, 0.1) is 46.3 Å². The lowest BCUT2D eigenvalue weighted by Gasteiger charge is -2.64. The summed E-state index contributed by atoms with van der Waals surface area (Å²) in [6.45, 7) is 15.1. The first-order valence-electron chi connectivity index (χ1n) is 21.8. The third kappa shape index (κ3) is 10.9. The van der Waals surface area contributed by atoms with Gasteiger partial charge in [-0.3, -0.25) is 0 Å². The van der Waals surface area contributed by atoms with E-state index in [4.69, 9.17) is 20.9 Å². The van der Waals surface area contributed by atoms with E-state index in [1.807, 2.05) is 0 Å². The van der Waals surface area contributed by atoms with E-state index in [0.29, 0.717) is 54.7 Å². The van der Waals surface area contributed by atoms with Crippen molar-refractivity contribution < 1.29 is 14.6 Å². The Morgan fingerprint density at radius 1 is 0.735 bits per heavy atom. The number of hydrogen-bond donors (Lipinski definition) is 4. The number of nitrogens with one attached hydrogen (secondary N) is 1. The van der Waals surface area contributed by atoms with Crippen LogP contribution in [0.5, 0.6) is 0 Å². The Morgan fingerprint density at radius 2 is 1.37 bits per heavy atom. The van der Waals surface area contributed by atoms with Crippen molar-refractivity contribution in [2.75, 3.05) is 39.4 Å². The van der Waals surface area contributed by atoms with Crippen LogP contribution < -0.4 is 16.8 Å². The molecule has 0 amide bonds. The summed E-state index contributed by atoms with van der Waals surface area (Å²) >= 11 is 0. The molecule has 0 bridgehead atoms. The van der Waals surface area contributed by atoms with Gasteiger partial charge in [0, 0.05) is 13.2 Å². The molecule has 0 unspecified atom stereocenters. The molecule has 4 fully saturated rings. The fraction of sp³-hybridized carbons (Fsp3) is 1.00. The number of aliphatic hydroxyl groups excluding tert-OH is 1. The molecule has 0 aromatic heterocycles. The first-order valence-corrected chi connectivity index (χ1v) is 21.8. The average Bonchev–Trinajstić information content (AvgIpc) is 3.46. The van der Waals surface area contributed by atoms with Gasteiger partial charge in [0.2, 0.25) is 0 Å². The molecule has 288 valence electrons. The largest absolute Gasteiger partial charge is 0.393 e. The van der Waals surface area contributed by atoms with Gasteiger partial charge >= 0.3 is 0 Å². The summed E-state index contributed by atoms with van der Waals surface area (Å²) in [4.78, 5) is 0. The molecule has 6 N–H and O–H groups in total. The Balaban J connectivity index is 1.24. The van der Waals surface area contributed by atoms with Gasteiger partial charge < -0.3 is 31.4 Å². The number of unbranched alkanes of at least 4 members (excludes halogenated alkanes) is 10. The lowest BCUT2D eigenvalue weighted by Crippen LogP contribution is -2.62. The van der Waals surface area contributed by atoms with Gasteiger partial charge in [0.25, 0.3) is 0 Å². The van der Waals surface area contributed by atoms with Gasteiger partial charge in [-0.2, -0.15) is 0 Å². The van der Waals surface area contributed by atoms with E-state index in [9.17, 15) is 5.11 Å². The van der Waals surface area contributed by atoms with Crippen molar-refractivity contribution in [3.63, 3.8) is 0 Å². The molecule has 0 radical (unpaired) electrons. The van der Waals surface area contributed by atoms with E-state index in [1.54, 1.807) is 0 Å². The summed E-state index contributed by atoms with van der Waals surface area (Å²) in [5, 5.41) is 16.0. The van der Waals surface area contributed by atoms with Crippen LogP contribution in [0.1, 0.15) is 169 Å². The maximum Gasteiger partial charge on any atom is 0.0611 e. The highest BCUT2D eigenvalue weighted by Gasteiger charge is 2.66. The van der Waals surface area contributed by atoms with Crippen molar-refractivity contribution in [1.82, 2.24) is 5.32 Å².